The highest BCUT2D eigenvalue weighted by Gasteiger charge is 2.12. The molecule has 0 fully saturated rings. The molecule has 0 unspecified atom stereocenters. The van der Waals surface area contributed by atoms with E-state index in [1.165, 1.54) is 18.3 Å². The lowest BCUT2D eigenvalue weighted by Crippen LogP contribution is -2.01. The summed E-state index contributed by atoms with van der Waals surface area (Å²) < 4.78 is 12.2. The molecule has 3 aromatic rings. The van der Waals surface area contributed by atoms with E-state index in [0.717, 1.165) is 26.5 Å². The number of nitrogens with zero attached hydrogens (tertiary/aromatic N) is 1. The summed E-state index contributed by atoms with van der Waals surface area (Å²) in [6.07, 6.45) is 0. The first-order valence-corrected chi connectivity index (χ1v) is 9.27. The van der Waals surface area contributed by atoms with Crippen LogP contribution in [0.15, 0.2) is 52.3 Å². The van der Waals surface area contributed by atoms with E-state index in [0.29, 0.717) is 17.9 Å². The first kappa shape index (κ1) is 17.6. The van der Waals surface area contributed by atoms with Gasteiger partial charge in [0.05, 0.1) is 23.9 Å². The van der Waals surface area contributed by atoms with Crippen molar-refractivity contribution in [3.63, 3.8) is 0 Å². The van der Waals surface area contributed by atoms with Crippen LogP contribution in [0.3, 0.4) is 0 Å². The predicted molar refractivity (Wildman–Crippen MR) is 103 cm³/mol. The van der Waals surface area contributed by atoms with Gasteiger partial charge in [0.15, 0.2) is 5.78 Å². The van der Waals surface area contributed by atoms with Crippen LogP contribution < -0.4 is 9.47 Å². The number of thiazole rings is 1. The standard InChI is InChI=1S/C19H16BrNO3S/c1-12(22)15-5-3-4-6-18(15)24-10-14-11-25-19(21-14)16-9-13(20)7-8-17(16)23-2/h3-9,11H,10H2,1-2H3. The maximum atomic E-state index is 11.7. The van der Waals surface area contributed by atoms with Gasteiger partial charge >= 0.3 is 0 Å². The summed E-state index contributed by atoms with van der Waals surface area (Å²) in [5.74, 6) is 1.32. The summed E-state index contributed by atoms with van der Waals surface area (Å²) in [6.45, 7) is 1.83. The summed E-state index contributed by atoms with van der Waals surface area (Å²) >= 11 is 5.00. The number of carbonyl (C=O) groups excluding carboxylic acids is 1. The summed E-state index contributed by atoms with van der Waals surface area (Å²) in [5, 5.41) is 2.81. The molecule has 6 heteroatoms. The van der Waals surface area contributed by atoms with Crippen molar-refractivity contribution in [1.82, 2.24) is 4.98 Å². The summed E-state index contributed by atoms with van der Waals surface area (Å²) in [6, 6.07) is 13.0. The molecule has 0 N–H and O–H groups in total. The monoisotopic (exact) mass is 417 g/mol. The van der Waals surface area contributed by atoms with Crippen molar-refractivity contribution in [2.75, 3.05) is 7.11 Å². The third-order valence-electron chi connectivity index (χ3n) is 3.59. The van der Waals surface area contributed by atoms with E-state index in [2.05, 4.69) is 20.9 Å². The fourth-order valence-electron chi connectivity index (χ4n) is 2.38. The normalized spacial score (nSPS) is 10.5. The molecule has 25 heavy (non-hydrogen) atoms. The van der Waals surface area contributed by atoms with Crippen molar-refractivity contribution in [2.45, 2.75) is 13.5 Å². The second-order valence-corrected chi connectivity index (χ2v) is 7.10. The Kier molecular flexibility index (Phi) is 5.50. The number of para-hydroxylation sites is 1. The Morgan fingerprint density at radius 1 is 1.20 bits per heavy atom. The number of Topliss-reactive ketones (excluding diaryl/α,β-unsaturated/α-hetero) is 1. The zero-order chi connectivity index (χ0) is 17.8. The number of halogens is 1. The number of ether oxygens (including phenoxy) is 2. The molecule has 0 atom stereocenters. The highest BCUT2D eigenvalue weighted by molar-refractivity contribution is 9.10. The quantitative estimate of drug-likeness (QED) is 0.506. The van der Waals surface area contributed by atoms with E-state index < -0.39 is 0 Å². The van der Waals surface area contributed by atoms with E-state index in [1.54, 1.807) is 19.2 Å². The lowest BCUT2D eigenvalue weighted by molar-refractivity contribution is 0.101. The first-order valence-electron chi connectivity index (χ1n) is 7.59. The summed E-state index contributed by atoms with van der Waals surface area (Å²) in [4.78, 5) is 16.3. The molecule has 0 aliphatic carbocycles. The van der Waals surface area contributed by atoms with Gasteiger partial charge in [0.2, 0.25) is 0 Å². The lowest BCUT2D eigenvalue weighted by atomic mass is 10.1. The fraction of sp³-hybridized carbons (Fsp3) is 0.158. The Labute approximate surface area is 158 Å². The Hall–Kier alpha value is -2.18. The molecule has 0 aliphatic rings. The van der Waals surface area contributed by atoms with Crippen molar-refractivity contribution in [1.29, 1.82) is 0 Å². The second-order valence-electron chi connectivity index (χ2n) is 5.33. The minimum Gasteiger partial charge on any atom is -0.496 e. The molecule has 0 saturated carbocycles. The van der Waals surface area contributed by atoms with E-state index >= 15 is 0 Å². The van der Waals surface area contributed by atoms with Crippen LogP contribution in [-0.4, -0.2) is 17.9 Å². The molecular weight excluding hydrogens is 402 g/mol. The molecule has 128 valence electrons. The number of benzene rings is 2. The third-order valence-corrected chi connectivity index (χ3v) is 5.00. The summed E-state index contributed by atoms with van der Waals surface area (Å²) in [7, 11) is 1.64. The van der Waals surface area contributed by atoms with Gasteiger partial charge < -0.3 is 9.47 Å². The van der Waals surface area contributed by atoms with Crippen LogP contribution in [0.25, 0.3) is 10.6 Å². The average molecular weight is 418 g/mol. The fourth-order valence-corrected chi connectivity index (χ4v) is 3.57. The lowest BCUT2D eigenvalue weighted by Gasteiger charge is -2.08. The molecule has 0 saturated heterocycles. The van der Waals surface area contributed by atoms with Gasteiger partial charge in [-0.3, -0.25) is 4.79 Å². The van der Waals surface area contributed by atoms with E-state index in [4.69, 9.17) is 9.47 Å². The number of aromatic nitrogens is 1. The molecule has 0 aliphatic heterocycles. The van der Waals surface area contributed by atoms with Crippen molar-refractivity contribution in [3.8, 4) is 22.1 Å². The number of methoxy groups -OCH3 is 1. The zero-order valence-electron chi connectivity index (χ0n) is 13.8. The smallest absolute Gasteiger partial charge is 0.163 e. The minimum absolute atomic E-state index is 0.0200. The van der Waals surface area contributed by atoms with Gasteiger partial charge in [-0.2, -0.15) is 0 Å². The van der Waals surface area contributed by atoms with Crippen LogP contribution in [0.4, 0.5) is 0 Å². The SMILES string of the molecule is COc1ccc(Br)cc1-c1nc(COc2ccccc2C(C)=O)cs1. The average Bonchev–Trinajstić information content (AvgIpc) is 3.09. The molecule has 0 radical (unpaired) electrons. The first-order chi connectivity index (χ1) is 12.1. The number of hydrogen-bond donors (Lipinski definition) is 0. The maximum absolute atomic E-state index is 11.7. The van der Waals surface area contributed by atoms with Crippen LogP contribution >= 0.6 is 27.3 Å². The Bertz CT molecular complexity index is 907. The highest BCUT2D eigenvalue weighted by atomic mass is 79.9. The molecule has 0 amide bonds. The number of ketones is 1. The maximum Gasteiger partial charge on any atom is 0.163 e. The highest BCUT2D eigenvalue weighted by Crippen LogP contribution is 2.34. The third kappa shape index (κ3) is 4.08. The second kappa shape index (κ2) is 7.80. The van der Waals surface area contributed by atoms with Gasteiger partial charge in [0.1, 0.15) is 23.1 Å². The molecule has 0 spiro atoms. The molecule has 2 aromatic carbocycles. The number of rotatable bonds is 6. The van der Waals surface area contributed by atoms with Crippen molar-refractivity contribution in [3.05, 3.63) is 63.6 Å². The van der Waals surface area contributed by atoms with Crippen LogP contribution in [0.1, 0.15) is 23.0 Å². The molecule has 0 bridgehead atoms. The van der Waals surface area contributed by atoms with E-state index in [-0.39, 0.29) is 5.78 Å². The molecule has 3 rings (SSSR count). The van der Waals surface area contributed by atoms with Crippen LogP contribution in [0.5, 0.6) is 11.5 Å². The van der Waals surface area contributed by atoms with Crippen LogP contribution in [0.2, 0.25) is 0 Å². The predicted octanol–water partition coefficient (Wildman–Crippen LogP) is 5.36. The molecule has 4 nitrogen and oxygen atoms in total. The van der Waals surface area contributed by atoms with Crippen molar-refractivity contribution in [2.24, 2.45) is 0 Å². The van der Waals surface area contributed by atoms with Gasteiger partial charge in [-0.1, -0.05) is 28.1 Å². The van der Waals surface area contributed by atoms with E-state index in [1.807, 2.05) is 35.7 Å². The topological polar surface area (TPSA) is 48.4 Å². The van der Waals surface area contributed by atoms with E-state index in [9.17, 15) is 4.79 Å². The zero-order valence-corrected chi connectivity index (χ0v) is 16.2. The molecule has 1 heterocycles. The van der Waals surface area contributed by atoms with Crippen LogP contribution in [-0.2, 0) is 6.61 Å². The summed E-state index contributed by atoms with van der Waals surface area (Å²) in [5.41, 5.74) is 2.31. The molecule has 1 aromatic heterocycles. The van der Waals surface area contributed by atoms with Gasteiger partial charge in [-0.05, 0) is 37.3 Å². The largest absolute Gasteiger partial charge is 0.496 e. The Balaban J connectivity index is 1.79. The van der Waals surface area contributed by atoms with Gasteiger partial charge in [-0.25, -0.2) is 4.98 Å². The Morgan fingerprint density at radius 3 is 2.76 bits per heavy atom. The van der Waals surface area contributed by atoms with Crippen LogP contribution in [0, 0.1) is 0 Å². The Morgan fingerprint density at radius 2 is 2.00 bits per heavy atom. The van der Waals surface area contributed by atoms with Gasteiger partial charge in [0, 0.05) is 9.85 Å². The molecular formula is C19H16BrNO3S. The number of hydrogen-bond acceptors (Lipinski definition) is 5. The van der Waals surface area contributed by atoms with Gasteiger partial charge in [-0.15, -0.1) is 11.3 Å². The van der Waals surface area contributed by atoms with Gasteiger partial charge in [0.25, 0.3) is 0 Å². The minimum atomic E-state index is -0.0200. The van der Waals surface area contributed by atoms with Crippen molar-refractivity contribution < 1.29 is 14.3 Å². The number of carbonyl (C=O) groups is 1. The van der Waals surface area contributed by atoms with Crippen molar-refractivity contribution >= 4 is 33.0 Å².